The summed E-state index contributed by atoms with van der Waals surface area (Å²) in [6, 6.07) is 8.76. The first-order valence-corrected chi connectivity index (χ1v) is 11.4. The Morgan fingerprint density at radius 1 is 0.929 bits per heavy atom. The summed E-state index contributed by atoms with van der Waals surface area (Å²) in [6.07, 6.45) is 15.9. The van der Waals surface area contributed by atoms with E-state index in [4.69, 9.17) is 0 Å². The Bertz CT molecular complexity index is 467. The zero-order valence-corrected chi connectivity index (χ0v) is 20.6. The second-order valence-corrected chi connectivity index (χ2v) is 7.15. The number of aryl methyl sites for hydroxylation is 2. The van der Waals surface area contributed by atoms with E-state index >= 15 is 0 Å². The smallest absolute Gasteiger partial charge is 0.0281 e. The second kappa shape index (κ2) is 25.4. The first-order chi connectivity index (χ1) is 13.4. The van der Waals surface area contributed by atoms with Crippen LogP contribution in [0, 0.1) is 12.8 Å². The Labute approximate surface area is 178 Å². The van der Waals surface area contributed by atoms with Crippen molar-refractivity contribution < 1.29 is 0 Å². The zero-order valence-electron chi connectivity index (χ0n) is 20.6. The van der Waals surface area contributed by atoms with E-state index in [1.54, 1.807) is 0 Å². The topological polar surface area (TPSA) is 0 Å². The molecule has 0 heteroatoms. The lowest BCUT2D eigenvalue weighted by molar-refractivity contribution is 0.480. The fourth-order valence-corrected chi connectivity index (χ4v) is 2.50. The van der Waals surface area contributed by atoms with Gasteiger partial charge in [-0.25, -0.2) is 0 Å². The van der Waals surface area contributed by atoms with E-state index in [0.29, 0.717) is 0 Å². The monoisotopic (exact) mass is 386 g/mol. The molecule has 162 valence electrons. The van der Waals surface area contributed by atoms with Gasteiger partial charge in [-0.3, -0.25) is 0 Å². The third kappa shape index (κ3) is 26.7. The van der Waals surface area contributed by atoms with E-state index in [2.05, 4.69) is 65.5 Å². The van der Waals surface area contributed by atoms with Gasteiger partial charge in [0.15, 0.2) is 0 Å². The molecule has 0 bridgehead atoms. The highest BCUT2D eigenvalue weighted by atomic mass is 14.0. The molecule has 0 aliphatic heterocycles. The molecule has 0 nitrogen and oxygen atoms in total. The molecule has 0 N–H and O–H groups in total. The Morgan fingerprint density at radius 3 is 1.79 bits per heavy atom. The molecule has 1 rings (SSSR count). The summed E-state index contributed by atoms with van der Waals surface area (Å²) in [5.41, 5.74) is 3.89. The predicted molar refractivity (Wildman–Crippen MR) is 134 cm³/mol. The fraction of sp³-hybridized carbons (Fsp3) is 0.571. The molecule has 0 radical (unpaired) electrons. The molecule has 28 heavy (non-hydrogen) atoms. The third-order valence-corrected chi connectivity index (χ3v) is 3.91. The van der Waals surface area contributed by atoms with Crippen LogP contribution in [0.4, 0.5) is 0 Å². The van der Waals surface area contributed by atoms with Gasteiger partial charge < -0.3 is 0 Å². The Hall–Kier alpha value is -1.56. The van der Waals surface area contributed by atoms with Crippen LogP contribution >= 0.6 is 0 Å². The van der Waals surface area contributed by atoms with Gasteiger partial charge in [-0.15, -0.1) is 0 Å². The molecule has 0 aliphatic carbocycles. The maximum absolute atomic E-state index is 3.71. The summed E-state index contributed by atoms with van der Waals surface area (Å²) < 4.78 is 0. The molecule has 0 aliphatic rings. The largest absolute Gasteiger partial charge is 0.0961 e. The minimum absolute atomic E-state index is 0.963. The van der Waals surface area contributed by atoms with Crippen molar-refractivity contribution in [1.82, 2.24) is 0 Å². The lowest BCUT2D eigenvalue weighted by Gasteiger charge is -2.05. The molecule has 0 unspecified atom stereocenters. The lowest BCUT2D eigenvalue weighted by Crippen LogP contribution is -1.91. The van der Waals surface area contributed by atoms with Crippen LogP contribution in [0.2, 0.25) is 0 Å². The van der Waals surface area contributed by atoms with Gasteiger partial charge >= 0.3 is 0 Å². The van der Waals surface area contributed by atoms with E-state index in [-0.39, 0.29) is 0 Å². The second-order valence-electron chi connectivity index (χ2n) is 7.15. The number of hydrogen-bond donors (Lipinski definition) is 0. The highest BCUT2D eigenvalue weighted by Gasteiger charge is 1.95. The van der Waals surface area contributed by atoms with Crippen LogP contribution in [0.1, 0.15) is 98.6 Å². The summed E-state index contributed by atoms with van der Waals surface area (Å²) in [6.45, 7) is 22.8. The SMILES string of the molecule is C=C(C)/C=C\C=C/C.CC.CCCC(C)CCC.CCCc1ccc(C)cc1. The summed E-state index contributed by atoms with van der Waals surface area (Å²) in [5, 5.41) is 0. The molecule has 0 amide bonds. The number of hydrogen-bond acceptors (Lipinski definition) is 0. The number of benzene rings is 1. The van der Waals surface area contributed by atoms with Crippen molar-refractivity contribution in [2.24, 2.45) is 5.92 Å². The van der Waals surface area contributed by atoms with Crippen LogP contribution in [0.5, 0.6) is 0 Å². The molecule has 0 heterocycles. The van der Waals surface area contributed by atoms with Crippen LogP contribution in [0.3, 0.4) is 0 Å². The molecule has 0 fully saturated rings. The van der Waals surface area contributed by atoms with Crippen molar-refractivity contribution in [2.45, 2.75) is 101 Å². The van der Waals surface area contributed by atoms with Gasteiger partial charge in [0, 0.05) is 0 Å². The van der Waals surface area contributed by atoms with Crippen LogP contribution in [-0.2, 0) is 6.42 Å². The van der Waals surface area contributed by atoms with Gasteiger partial charge in [0.2, 0.25) is 0 Å². The van der Waals surface area contributed by atoms with Gasteiger partial charge in [0.1, 0.15) is 0 Å². The van der Waals surface area contributed by atoms with Gasteiger partial charge in [-0.1, -0.05) is 140 Å². The van der Waals surface area contributed by atoms with Crippen molar-refractivity contribution in [3.05, 3.63) is 71.8 Å². The van der Waals surface area contributed by atoms with E-state index in [1.807, 2.05) is 52.0 Å². The van der Waals surface area contributed by atoms with Crippen molar-refractivity contribution >= 4 is 0 Å². The number of allylic oxidation sites excluding steroid dienone is 5. The van der Waals surface area contributed by atoms with Gasteiger partial charge in [0.05, 0.1) is 0 Å². The molecule has 0 saturated carbocycles. The summed E-state index contributed by atoms with van der Waals surface area (Å²) in [4.78, 5) is 0. The standard InChI is InChI=1S/C10H14.C8H12.C8H18.C2H6/c1-3-4-10-7-5-9(2)6-8-10;1-4-5-6-7-8(2)3;1-4-6-8(3)7-5-2;1-2/h5-8H,3-4H2,1-2H3;4-7H,2H2,1,3H3;8H,4-7H2,1-3H3;1-2H3/b;5-4-,7-6-;;. The quantitative estimate of drug-likeness (QED) is 0.390. The Balaban J connectivity index is -0.000000324. The minimum Gasteiger partial charge on any atom is -0.0961 e. The maximum Gasteiger partial charge on any atom is -0.0281 e. The van der Waals surface area contributed by atoms with E-state index in [1.165, 1.54) is 49.7 Å². The lowest BCUT2D eigenvalue weighted by atomic mass is 10.0. The highest BCUT2D eigenvalue weighted by Crippen LogP contribution is 2.10. The predicted octanol–water partition coefficient (Wildman–Crippen LogP) is 9.89. The Kier molecular flexibility index (Phi) is 28.3. The molecular formula is C28H50. The number of rotatable bonds is 8. The van der Waals surface area contributed by atoms with Crippen LogP contribution < -0.4 is 0 Å². The van der Waals surface area contributed by atoms with Crippen molar-refractivity contribution in [1.29, 1.82) is 0 Å². The van der Waals surface area contributed by atoms with Crippen LogP contribution in [0.25, 0.3) is 0 Å². The molecule has 0 atom stereocenters. The van der Waals surface area contributed by atoms with Gasteiger partial charge in [-0.05, 0) is 38.7 Å². The molecule has 0 saturated heterocycles. The van der Waals surface area contributed by atoms with Crippen LogP contribution in [0.15, 0.2) is 60.7 Å². The first kappa shape index (κ1) is 31.1. The zero-order chi connectivity index (χ0) is 22.2. The van der Waals surface area contributed by atoms with Crippen molar-refractivity contribution in [2.75, 3.05) is 0 Å². The van der Waals surface area contributed by atoms with Crippen molar-refractivity contribution in [3.8, 4) is 0 Å². The van der Waals surface area contributed by atoms with Gasteiger partial charge in [0.25, 0.3) is 0 Å². The first-order valence-electron chi connectivity index (χ1n) is 11.4. The summed E-state index contributed by atoms with van der Waals surface area (Å²) in [5.74, 6) is 0.963. The van der Waals surface area contributed by atoms with Gasteiger partial charge in [-0.2, -0.15) is 0 Å². The van der Waals surface area contributed by atoms with E-state index in [0.717, 1.165) is 11.5 Å². The summed E-state index contributed by atoms with van der Waals surface area (Å²) in [7, 11) is 0. The molecule has 1 aromatic rings. The third-order valence-electron chi connectivity index (χ3n) is 3.91. The molecule has 1 aromatic carbocycles. The fourth-order valence-electron chi connectivity index (χ4n) is 2.50. The van der Waals surface area contributed by atoms with Crippen LogP contribution in [-0.4, -0.2) is 0 Å². The average Bonchev–Trinajstić information content (AvgIpc) is 2.67. The van der Waals surface area contributed by atoms with E-state index < -0.39 is 0 Å². The van der Waals surface area contributed by atoms with E-state index in [9.17, 15) is 0 Å². The maximum atomic E-state index is 3.71. The van der Waals surface area contributed by atoms with Crippen molar-refractivity contribution in [3.63, 3.8) is 0 Å². The minimum atomic E-state index is 0.963. The average molecular weight is 387 g/mol. The Morgan fingerprint density at radius 2 is 1.43 bits per heavy atom. The molecule has 0 aromatic heterocycles. The summed E-state index contributed by atoms with van der Waals surface area (Å²) >= 11 is 0. The molecule has 0 spiro atoms. The normalized spacial score (nSPS) is 9.93. The molecular weight excluding hydrogens is 336 g/mol. The highest BCUT2D eigenvalue weighted by molar-refractivity contribution is 5.21.